The summed E-state index contributed by atoms with van der Waals surface area (Å²) in [6, 6.07) is 5.25. The van der Waals surface area contributed by atoms with E-state index in [9.17, 15) is 14.4 Å². The van der Waals surface area contributed by atoms with Crippen LogP contribution >= 0.6 is 0 Å². The van der Waals surface area contributed by atoms with Gasteiger partial charge in [-0.05, 0) is 36.1 Å². The van der Waals surface area contributed by atoms with E-state index in [1.165, 1.54) is 0 Å². The van der Waals surface area contributed by atoms with Crippen molar-refractivity contribution in [3.63, 3.8) is 0 Å². The third kappa shape index (κ3) is 4.39. The SMILES string of the molecule is [N-]=[N+]=NCc1ccc2c(c1)nc1c(=O)n(N)c(=O)nc-1n2CCCCCCC(=O)O. The van der Waals surface area contributed by atoms with Crippen molar-refractivity contribution in [3.8, 4) is 11.5 Å². The molecule has 156 valence electrons. The second-order valence-corrected chi connectivity index (χ2v) is 6.78. The average Bonchev–Trinajstić information content (AvgIpc) is 2.72. The van der Waals surface area contributed by atoms with E-state index in [-0.39, 0.29) is 24.5 Å². The number of aliphatic carboxylic acids is 1. The van der Waals surface area contributed by atoms with Crippen LogP contribution in [0.1, 0.15) is 37.7 Å². The smallest absolute Gasteiger partial charge is 0.371 e. The number of unbranched alkanes of at least 4 members (excludes halogenated alkanes) is 3. The maximum absolute atomic E-state index is 12.5. The monoisotopic (exact) mass is 412 g/mol. The number of fused-ring (bicyclic) bond motifs is 2. The molecule has 12 heteroatoms. The van der Waals surface area contributed by atoms with Crippen molar-refractivity contribution in [2.45, 2.75) is 45.2 Å². The minimum absolute atomic E-state index is 0.0311. The number of rotatable bonds is 9. The van der Waals surface area contributed by atoms with Crippen LogP contribution in [0.2, 0.25) is 0 Å². The van der Waals surface area contributed by atoms with Crippen LogP contribution in [0.3, 0.4) is 0 Å². The van der Waals surface area contributed by atoms with Gasteiger partial charge in [0.25, 0.3) is 0 Å². The number of carbonyl (C=O) groups is 1. The minimum atomic E-state index is -0.871. The van der Waals surface area contributed by atoms with Crippen LogP contribution in [0.25, 0.3) is 33.0 Å². The molecule has 12 nitrogen and oxygen atoms in total. The molecule has 3 rings (SSSR count). The second kappa shape index (κ2) is 9.05. The van der Waals surface area contributed by atoms with Crippen LogP contribution in [-0.4, -0.2) is 30.3 Å². The summed E-state index contributed by atoms with van der Waals surface area (Å²) in [5.41, 5.74) is 8.73. The normalized spacial score (nSPS) is 10.9. The van der Waals surface area contributed by atoms with Gasteiger partial charge in [-0.2, -0.15) is 9.66 Å². The van der Waals surface area contributed by atoms with E-state index in [1.807, 2.05) is 0 Å². The zero-order chi connectivity index (χ0) is 21.7. The van der Waals surface area contributed by atoms with Crippen molar-refractivity contribution < 1.29 is 9.90 Å². The van der Waals surface area contributed by atoms with E-state index in [0.29, 0.717) is 40.7 Å². The quantitative estimate of drug-likeness (QED) is 0.134. The van der Waals surface area contributed by atoms with Gasteiger partial charge in [0.1, 0.15) is 0 Å². The number of hydrogen-bond acceptors (Lipinski definition) is 7. The standard InChI is InChI=1S/C18H20N8O4/c19-24-21-10-11-6-7-13-12(9-11)22-15-16(23-18(30)26(20)17(15)29)25(13)8-4-2-1-3-5-14(27)28/h6-7,9H,1-5,8,10,20H2,(H,27,28). The van der Waals surface area contributed by atoms with Crippen molar-refractivity contribution >= 4 is 17.0 Å². The number of benzene rings is 1. The Bertz CT molecular complexity index is 1230. The Hall–Kier alpha value is -3.92. The van der Waals surface area contributed by atoms with Crippen molar-refractivity contribution in [2.75, 3.05) is 5.84 Å². The Morgan fingerprint density at radius 2 is 1.97 bits per heavy atom. The first kappa shape index (κ1) is 20.8. The number of nitrogens with zero attached hydrogens (tertiary/aromatic N) is 7. The van der Waals surface area contributed by atoms with Gasteiger partial charge in [-0.15, -0.1) is 0 Å². The highest BCUT2D eigenvalue weighted by molar-refractivity contribution is 5.80. The summed E-state index contributed by atoms with van der Waals surface area (Å²) >= 11 is 0. The van der Waals surface area contributed by atoms with Crippen molar-refractivity contribution in [1.82, 2.24) is 19.2 Å². The molecule has 0 saturated carbocycles. The van der Waals surface area contributed by atoms with Crippen LogP contribution < -0.4 is 17.1 Å². The van der Waals surface area contributed by atoms with E-state index in [2.05, 4.69) is 20.0 Å². The topological polar surface area (TPSA) is 182 Å². The van der Waals surface area contributed by atoms with Gasteiger partial charge < -0.3 is 15.5 Å². The van der Waals surface area contributed by atoms with Crippen LogP contribution in [0.5, 0.6) is 0 Å². The highest BCUT2D eigenvalue weighted by Crippen LogP contribution is 2.23. The van der Waals surface area contributed by atoms with Gasteiger partial charge in [-0.1, -0.05) is 24.0 Å². The molecule has 0 spiro atoms. The first-order chi connectivity index (χ1) is 14.4. The number of azide groups is 1. The predicted molar refractivity (Wildman–Crippen MR) is 108 cm³/mol. The molecule has 0 aliphatic carbocycles. The number of aryl methyl sites for hydroxylation is 1. The summed E-state index contributed by atoms with van der Waals surface area (Å²) < 4.78 is 2.16. The van der Waals surface area contributed by atoms with Crippen LogP contribution in [0.15, 0.2) is 32.9 Å². The number of carboxylic acids is 1. The highest BCUT2D eigenvalue weighted by Gasteiger charge is 2.20. The maximum Gasteiger partial charge on any atom is 0.371 e. The number of carboxylic acid groups (broad SMARTS) is 1. The lowest BCUT2D eigenvalue weighted by Crippen LogP contribution is -2.43. The van der Waals surface area contributed by atoms with Crippen LogP contribution in [-0.2, 0) is 17.9 Å². The Kier molecular flexibility index (Phi) is 6.28. The van der Waals surface area contributed by atoms with E-state index in [1.54, 1.807) is 22.8 Å². The first-order valence-electron chi connectivity index (χ1n) is 9.36. The summed E-state index contributed by atoms with van der Waals surface area (Å²) in [7, 11) is 0. The number of nitrogens with two attached hydrogens (primary N) is 1. The first-order valence-corrected chi connectivity index (χ1v) is 9.36. The Morgan fingerprint density at radius 3 is 2.70 bits per heavy atom. The van der Waals surface area contributed by atoms with Gasteiger partial charge in [0, 0.05) is 17.9 Å². The summed E-state index contributed by atoms with van der Waals surface area (Å²) in [5.74, 6) is 4.82. The molecule has 2 aliphatic heterocycles. The van der Waals surface area contributed by atoms with E-state index in [4.69, 9.17) is 16.5 Å². The minimum Gasteiger partial charge on any atom is -0.481 e. The molecule has 1 aromatic carbocycles. The molecule has 1 aromatic rings. The fourth-order valence-electron chi connectivity index (χ4n) is 3.24. The van der Waals surface area contributed by atoms with Crippen LogP contribution in [0.4, 0.5) is 0 Å². The molecule has 0 fully saturated rings. The van der Waals surface area contributed by atoms with E-state index >= 15 is 0 Å². The Morgan fingerprint density at radius 1 is 1.20 bits per heavy atom. The van der Waals surface area contributed by atoms with Crippen molar-refractivity contribution in [1.29, 1.82) is 0 Å². The number of aromatic nitrogens is 4. The molecule has 0 bridgehead atoms. The lowest BCUT2D eigenvalue weighted by Gasteiger charge is -2.17. The summed E-state index contributed by atoms with van der Waals surface area (Å²) in [5, 5.41) is 12.3. The number of hydrogen-bond donors (Lipinski definition) is 2. The molecular formula is C18H20N8O4. The highest BCUT2D eigenvalue weighted by atomic mass is 16.4. The molecule has 0 radical (unpaired) electrons. The Balaban J connectivity index is 2.02. The molecular weight excluding hydrogens is 392 g/mol. The largest absolute Gasteiger partial charge is 0.481 e. The van der Waals surface area contributed by atoms with Gasteiger partial charge >= 0.3 is 17.2 Å². The average molecular weight is 412 g/mol. The van der Waals surface area contributed by atoms with E-state index < -0.39 is 17.2 Å². The molecule has 0 unspecified atom stereocenters. The molecule has 0 saturated heterocycles. The zero-order valence-corrected chi connectivity index (χ0v) is 16.1. The molecule has 30 heavy (non-hydrogen) atoms. The van der Waals surface area contributed by atoms with Gasteiger partial charge in [-0.3, -0.25) is 9.59 Å². The van der Waals surface area contributed by atoms with Gasteiger partial charge in [0.2, 0.25) is 0 Å². The summed E-state index contributed by atoms with van der Waals surface area (Å²) in [6.07, 6.45) is 2.93. The van der Waals surface area contributed by atoms with E-state index in [0.717, 1.165) is 12.8 Å². The Labute approximate surface area is 169 Å². The van der Waals surface area contributed by atoms with Gasteiger partial charge in [-0.25, -0.2) is 9.78 Å². The third-order valence-electron chi connectivity index (χ3n) is 4.70. The maximum atomic E-state index is 12.5. The second-order valence-electron chi connectivity index (χ2n) is 6.78. The van der Waals surface area contributed by atoms with Gasteiger partial charge in [0.15, 0.2) is 11.5 Å². The summed E-state index contributed by atoms with van der Waals surface area (Å²) in [4.78, 5) is 46.1. The molecule has 0 aromatic heterocycles. The lowest BCUT2D eigenvalue weighted by molar-refractivity contribution is -0.137. The molecule has 2 heterocycles. The fraction of sp³-hybridized carbons (Fsp3) is 0.389. The van der Waals surface area contributed by atoms with Gasteiger partial charge in [0.05, 0.1) is 17.6 Å². The molecule has 3 N–H and O–H groups in total. The van der Waals surface area contributed by atoms with Crippen LogP contribution in [0, 0.1) is 0 Å². The third-order valence-corrected chi connectivity index (χ3v) is 4.70. The van der Waals surface area contributed by atoms with Crippen molar-refractivity contribution in [2.24, 2.45) is 5.11 Å². The zero-order valence-electron chi connectivity index (χ0n) is 16.1. The lowest BCUT2D eigenvalue weighted by atomic mass is 10.1. The summed E-state index contributed by atoms with van der Waals surface area (Å²) in [6.45, 7) is 0.591. The molecule has 0 atom stereocenters. The molecule has 0 amide bonds. The fourth-order valence-corrected chi connectivity index (χ4v) is 3.24. The van der Waals surface area contributed by atoms with Crippen molar-refractivity contribution in [3.05, 3.63) is 55.0 Å². The predicted octanol–water partition coefficient (Wildman–Crippen LogP) is 1.62. The molecule has 2 aliphatic rings. The number of nitrogen functional groups attached to an aromatic ring is 1.